The molecule has 0 aliphatic heterocycles. The molecule has 0 radical (unpaired) electrons. The Morgan fingerprint density at radius 3 is 2.53 bits per heavy atom. The molecular weight excluding hydrogens is 216 g/mol. The zero-order valence-electron chi connectivity index (χ0n) is 10.4. The van der Waals surface area contributed by atoms with Gasteiger partial charge in [0.1, 0.15) is 0 Å². The molecule has 0 heterocycles. The highest BCUT2D eigenvalue weighted by atomic mass is 16.5. The minimum Gasteiger partial charge on any atom is -0.385 e. The summed E-state index contributed by atoms with van der Waals surface area (Å²) >= 11 is 0. The lowest BCUT2D eigenvalue weighted by Crippen LogP contribution is -2.02. The lowest BCUT2D eigenvalue weighted by Gasteiger charge is -2.03. The third-order valence-electron chi connectivity index (χ3n) is 2.59. The summed E-state index contributed by atoms with van der Waals surface area (Å²) in [5.41, 5.74) is 1.21. The van der Waals surface area contributed by atoms with Crippen LogP contribution in [0.25, 0.3) is 0 Å². The highest BCUT2D eigenvalue weighted by Gasteiger charge is 2.07. The number of ketones is 2. The lowest BCUT2D eigenvalue weighted by atomic mass is 10.0. The standard InChI is InChI=1S/C14H18O3/c1-11(15)12-6-5-7-13(10-12)14(16)8-3-4-9-17-2/h5-7,10H,3-4,8-9H2,1-2H3. The maximum Gasteiger partial charge on any atom is 0.162 e. The van der Waals surface area contributed by atoms with E-state index in [1.165, 1.54) is 6.92 Å². The van der Waals surface area contributed by atoms with Gasteiger partial charge < -0.3 is 4.74 Å². The predicted octanol–water partition coefficient (Wildman–Crippen LogP) is 2.89. The van der Waals surface area contributed by atoms with Gasteiger partial charge >= 0.3 is 0 Å². The van der Waals surface area contributed by atoms with Gasteiger partial charge in [0.15, 0.2) is 11.6 Å². The van der Waals surface area contributed by atoms with Crippen LogP contribution in [0, 0.1) is 0 Å². The van der Waals surface area contributed by atoms with Crippen LogP contribution >= 0.6 is 0 Å². The first-order valence-electron chi connectivity index (χ1n) is 5.78. The average Bonchev–Trinajstić information content (AvgIpc) is 2.34. The number of ether oxygens (including phenoxy) is 1. The van der Waals surface area contributed by atoms with E-state index in [9.17, 15) is 9.59 Å². The Hall–Kier alpha value is -1.48. The molecule has 0 atom stereocenters. The fourth-order valence-corrected chi connectivity index (χ4v) is 1.59. The molecule has 0 saturated carbocycles. The predicted molar refractivity (Wildman–Crippen MR) is 66.5 cm³/mol. The summed E-state index contributed by atoms with van der Waals surface area (Å²) in [4.78, 5) is 23.0. The maximum absolute atomic E-state index is 11.8. The highest BCUT2D eigenvalue weighted by Crippen LogP contribution is 2.10. The molecule has 0 aromatic heterocycles. The fraction of sp³-hybridized carbons (Fsp3) is 0.429. The molecule has 0 saturated heterocycles. The number of unbranched alkanes of at least 4 members (excludes halogenated alkanes) is 1. The fourth-order valence-electron chi connectivity index (χ4n) is 1.59. The van der Waals surface area contributed by atoms with Crippen LogP contribution in [0.1, 0.15) is 46.9 Å². The molecule has 1 rings (SSSR count). The third-order valence-corrected chi connectivity index (χ3v) is 2.59. The molecule has 3 heteroatoms. The van der Waals surface area contributed by atoms with Crippen LogP contribution in [-0.4, -0.2) is 25.3 Å². The van der Waals surface area contributed by atoms with Gasteiger partial charge in [0.05, 0.1) is 0 Å². The molecule has 0 unspecified atom stereocenters. The smallest absolute Gasteiger partial charge is 0.162 e. The van der Waals surface area contributed by atoms with Crippen molar-refractivity contribution < 1.29 is 14.3 Å². The first-order chi connectivity index (χ1) is 8.15. The van der Waals surface area contributed by atoms with Crippen molar-refractivity contribution in [2.24, 2.45) is 0 Å². The zero-order chi connectivity index (χ0) is 12.7. The molecule has 0 spiro atoms. The van der Waals surface area contributed by atoms with Crippen molar-refractivity contribution in [1.29, 1.82) is 0 Å². The molecule has 1 aromatic carbocycles. The van der Waals surface area contributed by atoms with E-state index in [1.807, 2.05) is 0 Å². The minimum absolute atomic E-state index is 0.0148. The van der Waals surface area contributed by atoms with Gasteiger partial charge in [0.25, 0.3) is 0 Å². The molecule has 0 amide bonds. The van der Waals surface area contributed by atoms with Crippen LogP contribution in [0.5, 0.6) is 0 Å². The van der Waals surface area contributed by atoms with E-state index < -0.39 is 0 Å². The second-order valence-corrected chi connectivity index (χ2v) is 4.01. The molecule has 17 heavy (non-hydrogen) atoms. The quantitative estimate of drug-likeness (QED) is 0.538. The number of carbonyl (C=O) groups excluding carboxylic acids is 2. The van der Waals surface area contributed by atoms with Crippen molar-refractivity contribution in [3.63, 3.8) is 0 Å². The van der Waals surface area contributed by atoms with Crippen LogP contribution in [0.4, 0.5) is 0 Å². The van der Waals surface area contributed by atoms with E-state index in [-0.39, 0.29) is 11.6 Å². The Morgan fingerprint density at radius 2 is 1.88 bits per heavy atom. The van der Waals surface area contributed by atoms with E-state index >= 15 is 0 Å². The molecule has 3 nitrogen and oxygen atoms in total. The van der Waals surface area contributed by atoms with E-state index in [1.54, 1.807) is 31.4 Å². The van der Waals surface area contributed by atoms with E-state index in [2.05, 4.69) is 0 Å². The molecule has 92 valence electrons. The SMILES string of the molecule is COCCCCC(=O)c1cccc(C(C)=O)c1. The van der Waals surface area contributed by atoms with Crippen molar-refractivity contribution in [3.8, 4) is 0 Å². The normalized spacial score (nSPS) is 10.2. The maximum atomic E-state index is 11.8. The second-order valence-electron chi connectivity index (χ2n) is 4.01. The number of hydrogen-bond acceptors (Lipinski definition) is 3. The first kappa shape index (κ1) is 13.6. The van der Waals surface area contributed by atoms with E-state index in [0.717, 1.165) is 12.8 Å². The molecule has 0 N–H and O–H groups in total. The number of carbonyl (C=O) groups is 2. The first-order valence-corrected chi connectivity index (χ1v) is 5.78. The summed E-state index contributed by atoms with van der Waals surface area (Å²) in [7, 11) is 1.65. The summed E-state index contributed by atoms with van der Waals surface area (Å²) in [6.07, 6.45) is 2.20. The summed E-state index contributed by atoms with van der Waals surface area (Å²) < 4.78 is 4.92. The van der Waals surface area contributed by atoms with Crippen LogP contribution < -0.4 is 0 Å². The topological polar surface area (TPSA) is 43.4 Å². The zero-order valence-corrected chi connectivity index (χ0v) is 10.4. The van der Waals surface area contributed by atoms with Crippen molar-refractivity contribution in [1.82, 2.24) is 0 Å². The molecule has 0 bridgehead atoms. The molecule has 0 aliphatic rings. The van der Waals surface area contributed by atoms with Crippen molar-refractivity contribution in [2.75, 3.05) is 13.7 Å². The Kier molecular flexibility index (Phi) is 5.57. The molecular formula is C14H18O3. The summed E-state index contributed by atoms with van der Waals surface area (Å²) in [5.74, 6) is 0.0724. The molecule has 0 fully saturated rings. The highest BCUT2D eigenvalue weighted by molar-refractivity contribution is 6.00. The van der Waals surface area contributed by atoms with Gasteiger partial charge in [0, 0.05) is 31.3 Å². The van der Waals surface area contributed by atoms with Gasteiger partial charge in [0.2, 0.25) is 0 Å². The third kappa shape index (κ3) is 4.49. The van der Waals surface area contributed by atoms with E-state index in [0.29, 0.717) is 24.2 Å². The van der Waals surface area contributed by atoms with Crippen molar-refractivity contribution >= 4 is 11.6 Å². The van der Waals surface area contributed by atoms with Gasteiger partial charge in [-0.15, -0.1) is 0 Å². The summed E-state index contributed by atoms with van der Waals surface area (Å²) in [5, 5.41) is 0. The van der Waals surface area contributed by atoms with Crippen LogP contribution in [0.2, 0.25) is 0 Å². The van der Waals surface area contributed by atoms with Crippen LogP contribution in [0.15, 0.2) is 24.3 Å². The van der Waals surface area contributed by atoms with Crippen LogP contribution in [0.3, 0.4) is 0 Å². The second kappa shape index (κ2) is 6.97. The number of benzene rings is 1. The van der Waals surface area contributed by atoms with Gasteiger partial charge in [-0.3, -0.25) is 9.59 Å². The van der Waals surface area contributed by atoms with Gasteiger partial charge in [-0.05, 0) is 25.8 Å². The van der Waals surface area contributed by atoms with Crippen molar-refractivity contribution in [3.05, 3.63) is 35.4 Å². The number of Topliss-reactive ketones (excluding diaryl/α,β-unsaturated/α-hetero) is 2. The summed E-state index contributed by atoms with van der Waals surface area (Å²) in [6.45, 7) is 2.18. The minimum atomic E-state index is -0.0148. The Morgan fingerprint density at radius 1 is 1.18 bits per heavy atom. The van der Waals surface area contributed by atoms with Gasteiger partial charge in [-0.2, -0.15) is 0 Å². The molecule has 0 aliphatic carbocycles. The monoisotopic (exact) mass is 234 g/mol. The van der Waals surface area contributed by atoms with Crippen molar-refractivity contribution in [2.45, 2.75) is 26.2 Å². The van der Waals surface area contributed by atoms with Gasteiger partial charge in [-0.1, -0.05) is 18.2 Å². The lowest BCUT2D eigenvalue weighted by molar-refractivity contribution is 0.0975. The van der Waals surface area contributed by atoms with E-state index in [4.69, 9.17) is 4.74 Å². The summed E-state index contributed by atoms with van der Waals surface area (Å²) in [6, 6.07) is 6.90. The average molecular weight is 234 g/mol. The van der Waals surface area contributed by atoms with Gasteiger partial charge in [-0.25, -0.2) is 0 Å². The largest absolute Gasteiger partial charge is 0.385 e. The number of hydrogen-bond donors (Lipinski definition) is 0. The number of rotatable bonds is 7. The Bertz CT molecular complexity index is 396. The molecule has 1 aromatic rings. The Balaban J connectivity index is 2.56. The van der Waals surface area contributed by atoms with Crippen LogP contribution in [-0.2, 0) is 4.74 Å². The Labute approximate surface area is 102 Å². The number of methoxy groups -OCH3 is 1.